The number of para-hydroxylation sites is 2. The molecule has 2 aromatic heterocycles. The van der Waals surface area contributed by atoms with Crippen molar-refractivity contribution < 1.29 is 9.53 Å². The van der Waals surface area contributed by atoms with Gasteiger partial charge in [-0.25, -0.2) is 14.5 Å². The summed E-state index contributed by atoms with van der Waals surface area (Å²) in [5.74, 6) is 0.0472. The van der Waals surface area contributed by atoms with Crippen LogP contribution in [-0.2, 0) is 17.8 Å². The number of aromatic nitrogens is 5. The SMILES string of the molecule is CCCc1c(C(=O)OCc2nc3ccccc3[nH]2)nnn1-c1cccc(Cl)c1. The number of halogens is 1. The summed E-state index contributed by atoms with van der Waals surface area (Å²) < 4.78 is 7.06. The Labute approximate surface area is 166 Å². The molecule has 0 spiro atoms. The molecule has 8 heteroatoms. The molecule has 2 aromatic carbocycles. The molecule has 1 N–H and O–H groups in total. The van der Waals surface area contributed by atoms with Crippen molar-refractivity contribution in [3.63, 3.8) is 0 Å². The normalized spacial score (nSPS) is 11.1. The van der Waals surface area contributed by atoms with E-state index in [1.807, 2.05) is 43.3 Å². The van der Waals surface area contributed by atoms with Crippen molar-refractivity contribution in [1.29, 1.82) is 0 Å². The number of imidazole rings is 1. The average molecular weight is 396 g/mol. The topological polar surface area (TPSA) is 85.7 Å². The molecule has 2 heterocycles. The van der Waals surface area contributed by atoms with Gasteiger partial charge < -0.3 is 9.72 Å². The van der Waals surface area contributed by atoms with Crippen molar-refractivity contribution in [2.24, 2.45) is 0 Å². The number of fused-ring (bicyclic) bond motifs is 1. The van der Waals surface area contributed by atoms with Crippen molar-refractivity contribution in [3.8, 4) is 5.69 Å². The second kappa shape index (κ2) is 7.82. The Morgan fingerprint density at radius 1 is 1.21 bits per heavy atom. The van der Waals surface area contributed by atoms with E-state index in [-0.39, 0.29) is 12.3 Å². The van der Waals surface area contributed by atoms with E-state index in [0.29, 0.717) is 23.0 Å². The maximum atomic E-state index is 12.6. The van der Waals surface area contributed by atoms with E-state index < -0.39 is 5.97 Å². The third kappa shape index (κ3) is 3.61. The monoisotopic (exact) mass is 395 g/mol. The fraction of sp³-hybridized carbons (Fsp3) is 0.200. The average Bonchev–Trinajstić information content (AvgIpc) is 3.30. The van der Waals surface area contributed by atoms with E-state index in [0.717, 1.165) is 23.1 Å². The zero-order chi connectivity index (χ0) is 19.5. The molecule has 0 unspecified atom stereocenters. The Morgan fingerprint density at radius 3 is 2.86 bits per heavy atom. The minimum atomic E-state index is -0.530. The summed E-state index contributed by atoms with van der Waals surface area (Å²) >= 11 is 6.08. The van der Waals surface area contributed by atoms with Crippen LogP contribution in [0.5, 0.6) is 0 Å². The number of nitrogens with zero attached hydrogens (tertiary/aromatic N) is 4. The number of aromatic amines is 1. The molecule has 7 nitrogen and oxygen atoms in total. The van der Waals surface area contributed by atoms with E-state index in [1.54, 1.807) is 16.8 Å². The predicted molar refractivity (Wildman–Crippen MR) is 106 cm³/mol. The maximum absolute atomic E-state index is 12.6. The zero-order valence-corrected chi connectivity index (χ0v) is 16.0. The number of esters is 1. The van der Waals surface area contributed by atoms with E-state index >= 15 is 0 Å². The Bertz CT molecular complexity index is 1100. The van der Waals surface area contributed by atoms with Crippen LogP contribution in [0.2, 0.25) is 5.02 Å². The van der Waals surface area contributed by atoms with Crippen molar-refractivity contribution in [2.45, 2.75) is 26.4 Å². The van der Waals surface area contributed by atoms with Gasteiger partial charge in [-0.1, -0.05) is 48.4 Å². The van der Waals surface area contributed by atoms with Gasteiger partial charge in [0.25, 0.3) is 0 Å². The highest BCUT2D eigenvalue weighted by Crippen LogP contribution is 2.19. The van der Waals surface area contributed by atoms with Crippen LogP contribution in [0.3, 0.4) is 0 Å². The van der Waals surface area contributed by atoms with Crippen LogP contribution in [0.1, 0.15) is 35.4 Å². The lowest BCUT2D eigenvalue weighted by atomic mass is 10.2. The number of carbonyl (C=O) groups excluding carboxylic acids is 1. The molecule has 0 atom stereocenters. The number of nitrogens with one attached hydrogen (secondary N) is 1. The van der Waals surface area contributed by atoms with Crippen molar-refractivity contribution in [1.82, 2.24) is 25.0 Å². The minimum absolute atomic E-state index is 0.0309. The summed E-state index contributed by atoms with van der Waals surface area (Å²) in [6, 6.07) is 14.9. The Kier molecular flexibility index (Phi) is 5.08. The van der Waals surface area contributed by atoms with Gasteiger partial charge in [-0.3, -0.25) is 0 Å². The van der Waals surface area contributed by atoms with Crippen LogP contribution < -0.4 is 0 Å². The second-order valence-electron chi connectivity index (χ2n) is 6.30. The van der Waals surface area contributed by atoms with Crippen LogP contribution in [-0.4, -0.2) is 30.9 Å². The van der Waals surface area contributed by atoms with Gasteiger partial charge in [-0.15, -0.1) is 5.10 Å². The first-order chi connectivity index (χ1) is 13.7. The number of H-pyrrole nitrogens is 1. The highest BCUT2D eigenvalue weighted by Gasteiger charge is 2.22. The number of hydrogen-bond donors (Lipinski definition) is 1. The lowest BCUT2D eigenvalue weighted by Crippen LogP contribution is -2.11. The van der Waals surface area contributed by atoms with Crippen LogP contribution >= 0.6 is 11.6 Å². The molecule has 0 saturated heterocycles. The maximum Gasteiger partial charge on any atom is 0.361 e. The summed E-state index contributed by atoms with van der Waals surface area (Å²) in [5.41, 5.74) is 3.37. The summed E-state index contributed by atoms with van der Waals surface area (Å²) in [5, 5.41) is 8.79. The molecule has 0 aliphatic heterocycles. The highest BCUT2D eigenvalue weighted by atomic mass is 35.5. The summed E-state index contributed by atoms with van der Waals surface area (Å²) in [7, 11) is 0. The van der Waals surface area contributed by atoms with Gasteiger partial charge in [0.2, 0.25) is 0 Å². The lowest BCUT2D eigenvalue weighted by Gasteiger charge is -2.07. The number of hydrogen-bond acceptors (Lipinski definition) is 5. The van der Waals surface area contributed by atoms with Gasteiger partial charge in [0, 0.05) is 5.02 Å². The number of ether oxygens (including phenoxy) is 1. The van der Waals surface area contributed by atoms with Crippen LogP contribution in [0, 0.1) is 0 Å². The van der Waals surface area contributed by atoms with E-state index in [9.17, 15) is 4.79 Å². The number of benzene rings is 2. The van der Waals surface area contributed by atoms with Crippen LogP contribution in [0.4, 0.5) is 0 Å². The van der Waals surface area contributed by atoms with E-state index in [4.69, 9.17) is 16.3 Å². The molecule has 0 saturated carbocycles. The summed E-state index contributed by atoms with van der Waals surface area (Å²) in [6.07, 6.45) is 1.46. The molecule has 4 rings (SSSR count). The first-order valence-corrected chi connectivity index (χ1v) is 9.34. The molecule has 0 radical (unpaired) electrons. The Morgan fingerprint density at radius 2 is 2.07 bits per heavy atom. The third-order valence-corrected chi connectivity index (χ3v) is 4.51. The molecule has 0 aliphatic rings. The first-order valence-electron chi connectivity index (χ1n) is 8.97. The number of rotatable bonds is 6. The van der Waals surface area contributed by atoms with Crippen molar-refractivity contribution in [2.75, 3.05) is 0 Å². The van der Waals surface area contributed by atoms with Crippen LogP contribution in [0.25, 0.3) is 16.7 Å². The van der Waals surface area contributed by atoms with Gasteiger partial charge in [0.05, 0.1) is 22.4 Å². The molecule has 0 bridgehead atoms. The fourth-order valence-corrected chi connectivity index (χ4v) is 3.20. The molecular formula is C20H18ClN5O2. The van der Waals surface area contributed by atoms with E-state index in [1.165, 1.54) is 0 Å². The molecule has 0 aliphatic carbocycles. The van der Waals surface area contributed by atoms with Gasteiger partial charge >= 0.3 is 5.97 Å². The second-order valence-corrected chi connectivity index (χ2v) is 6.74. The molecular weight excluding hydrogens is 378 g/mol. The van der Waals surface area contributed by atoms with Gasteiger partial charge in [0.15, 0.2) is 5.69 Å². The lowest BCUT2D eigenvalue weighted by molar-refractivity contribution is 0.0455. The smallest absolute Gasteiger partial charge is 0.361 e. The zero-order valence-electron chi connectivity index (χ0n) is 15.2. The first kappa shape index (κ1) is 18.2. The Hall–Kier alpha value is -3.19. The van der Waals surface area contributed by atoms with Gasteiger partial charge in [0.1, 0.15) is 12.4 Å². The number of carbonyl (C=O) groups is 1. The van der Waals surface area contributed by atoms with E-state index in [2.05, 4.69) is 20.3 Å². The molecule has 28 heavy (non-hydrogen) atoms. The third-order valence-electron chi connectivity index (χ3n) is 4.27. The summed E-state index contributed by atoms with van der Waals surface area (Å²) in [6.45, 7) is 2.06. The molecule has 142 valence electrons. The summed E-state index contributed by atoms with van der Waals surface area (Å²) in [4.78, 5) is 20.2. The molecule has 0 amide bonds. The van der Waals surface area contributed by atoms with Crippen molar-refractivity contribution in [3.05, 3.63) is 70.8 Å². The molecule has 4 aromatic rings. The van der Waals surface area contributed by atoms with Crippen LogP contribution in [0.15, 0.2) is 48.5 Å². The molecule has 0 fully saturated rings. The Balaban J connectivity index is 1.56. The van der Waals surface area contributed by atoms with Crippen molar-refractivity contribution >= 4 is 28.6 Å². The predicted octanol–water partition coefficient (Wildman–Crippen LogP) is 4.11. The largest absolute Gasteiger partial charge is 0.453 e. The fourth-order valence-electron chi connectivity index (χ4n) is 3.01. The minimum Gasteiger partial charge on any atom is -0.453 e. The standard InChI is InChI=1S/C20H18ClN5O2/c1-2-6-17-19(24-25-26(17)14-8-5-7-13(21)11-14)20(27)28-12-18-22-15-9-3-4-10-16(15)23-18/h3-5,7-11H,2,6,12H2,1H3,(H,22,23). The highest BCUT2D eigenvalue weighted by molar-refractivity contribution is 6.30. The van der Waals surface area contributed by atoms with Gasteiger partial charge in [-0.2, -0.15) is 0 Å². The van der Waals surface area contributed by atoms with Gasteiger partial charge in [-0.05, 0) is 36.8 Å². The quantitative estimate of drug-likeness (QED) is 0.496.